The Hall–Kier alpha value is -1.58. The van der Waals surface area contributed by atoms with Gasteiger partial charge in [-0.3, -0.25) is 4.99 Å². The lowest BCUT2D eigenvalue weighted by Crippen LogP contribution is -2.25. The van der Waals surface area contributed by atoms with Crippen LogP contribution in [0.5, 0.6) is 5.88 Å². The molecule has 0 saturated heterocycles. The third kappa shape index (κ3) is 3.45. The summed E-state index contributed by atoms with van der Waals surface area (Å²) in [5, 5.41) is 0. The predicted octanol–water partition coefficient (Wildman–Crippen LogP) is 2.53. The average Bonchev–Trinajstić information content (AvgIpc) is 2.46. The molecule has 0 atom stereocenters. The summed E-state index contributed by atoms with van der Waals surface area (Å²) in [4.78, 5) is 8.64. The fourth-order valence-corrected chi connectivity index (χ4v) is 2.34. The van der Waals surface area contributed by atoms with E-state index in [0.717, 1.165) is 11.4 Å². The number of pyridine rings is 1. The molecule has 0 spiro atoms. The summed E-state index contributed by atoms with van der Waals surface area (Å²) in [5.41, 5.74) is 7.12. The van der Waals surface area contributed by atoms with E-state index in [1.54, 1.807) is 13.3 Å². The quantitative estimate of drug-likeness (QED) is 0.657. The van der Waals surface area contributed by atoms with Gasteiger partial charge >= 0.3 is 0 Å². The number of hydrogen-bond donors (Lipinski definition) is 1. The molecule has 2 rings (SSSR count). The Morgan fingerprint density at radius 2 is 2.17 bits per heavy atom. The monoisotopic (exact) mass is 247 g/mol. The number of rotatable bonds is 4. The van der Waals surface area contributed by atoms with Crippen molar-refractivity contribution < 1.29 is 4.74 Å². The van der Waals surface area contributed by atoms with Crippen LogP contribution >= 0.6 is 0 Å². The molecule has 1 aliphatic rings. The highest BCUT2D eigenvalue weighted by Crippen LogP contribution is 2.23. The van der Waals surface area contributed by atoms with Crippen molar-refractivity contribution in [1.29, 1.82) is 0 Å². The molecule has 0 bridgehead atoms. The molecule has 1 aromatic heterocycles. The van der Waals surface area contributed by atoms with Gasteiger partial charge in [0.05, 0.1) is 19.5 Å². The number of aliphatic imine (C=N–C) groups is 1. The van der Waals surface area contributed by atoms with Gasteiger partial charge in [0, 0.05) is 18.2 Å². The largest absolute Gasteiger partial charge is 0.481 e. The number of nitrogens with zero attached hydrogens (tertiary/aromatic N) is 2. The van der Waals surface area contributed by atoms with E-state index < -0.39 is 0 Å². The molecule has 2 N–H and O–H groups in total. The summed E-state index contributed by atoms with van der Waals surface area (Å²) >= 11 is 0. The summed E-state index contributed by atoms with van der Waals surface area (Å²) in [5.74, 6) is 1.93. The number of nitrogens with two attached hydrogens (primary N) is 1. The number of methoxy groups -OCH3 is 1. The molecule has 0 radical (unpaired) electrons. The first kappa shape index (κ1) is 12.9. The van der Waals surface area contributed by atoms with Crippen LogP contribution in [-0.2, 0) is 6.54 Å². The molecule has 98 valence electrons. The van der Waals surface area contributed by atoms with E-state index >= 15 is 0 Å². The Kier molecular flexibility index (Phi) is 4.56. The number of ether oxygens (including phenoxy) is 1. The van der Waals surface area contributed by atoms with Gasteiger partial charge in [-0.05, 0) is 18.4 Å². The molecule has 4 heteroatoms. The lowest BCUT2D eigenvalue weighted by molar-refractivity contribution is 0.397. The number of hydrogen-bond acceptors (Lipinski definition) is 3. The van der Waals surface area contributed by atoms with Crippen molar-refractivity contribution >= 4 is 5.84 Å². The molecule has 4 nitrogen and oxygen atoms in total. The zero-order valence-corrected chi connectivity index (χ0v) is 10.9. The maximum absolute atomic E-state index is 6.06. The van der Waals surface area contributed by atoms with Crippen LogP contribution in [0.3, 0.4) is 0 Å². The lowest BCUT2D eigenvalue weighted by atomic mass is 9.88. The van der Waals surface area contributed by atoms with Crippen LogP contribution in [0.1, 0.15) is 37.7 Å². The van der Waals surface area contributed by atoms with E-state index in [0.29, 0.717) is 18.3 Å². The number of aromatic nitrogens is 1. The van der Waals surface area contributed by atoms with Crippen molar-refractivity contribution in [1.82, 2.24) is 4.98 Å². The molecule has 1 aromatic rings. The van der Waals surface area contributed by atoms with E-state index in [1.807, 2.05) is 12.1 Å². The van der Waals surface area contributed by atoms with Crippen LogP contribution in [0.2, 0.25) is 0 Å². The summed E-state index contributed by atoms with van der Waals surface area (Å²) in [7, 11) is 1.61. The minimum atomic E-state index is 0.491. The molecular weight excluding hydrogens is 226 g/mol. The Morgan fingerprint density at radius 1 is 1.39 bits per heavy atom. The van der Waals surface area contributed by atoms with Gasteiger partial charge in [-0.25, -0.2) is 4.98 Å². The summed E-state index contributed by atoms with van der Waals surface area (Å²) in [6.07, 6.45) is 8.07. The van der Waals surface area contributed by atoms with Crippen molar-refractivity contribution in [3.05, 3.63) is 23.9 Å². The molecule has 1 aliphatic carbocycles. The second kappa shape index (κ2) is 6.38. The van der Waals surface area contributed by atoms with Gasteiger partial charge < -0.3 is 10.5 Å². The third-order valence-corrected chi connectivity index (χ3v) is 3.47. The van der Waals surface area contributed by atoms with Crippen molar-refractivity contribution in [2.45, 2.75) is 38.6 Å². The Morgan fingerprint density at radius 3 is 2.78 bits per heavy atom. The molecule has 0 unspecified atom stereocenters. The van der Waals surface area contributed by atoms with Gasteiger partial charge in [0.2, 0.25) is 5.88 Å². The highest BCUT2D eigenvalue weighted by atomic mass is 16.5. The molecular formula is C14H21N3O. The molecule has 0 amide bonds. The highest BCUT2D eigenvalue weighted by molar-refractivity contribution is 5.82. The first-order valence-electron chi connectivity index (χ1n) is 6.58. The zero-order valence-electron chi connectivity index (χ0n) is 10.9. The Balaban J connectivity index is 1.91. The van der Waals surface area contributed by atoms with E-state index in [9.17, 15) is 0 Å². The van der Waals surface area contributed by atoms with Crippen LogP contribution in [0.15, 0.2) is 23.3 Å². The first-order chi connectivity index (χ1) is 8.79. The average molecular weight is 247 g/mol. The standard InChI is InChI=1S/C14H21N3O/c1-18-13-8-7-11(9-16-13)10-17-14(15)12-5-3-2-4-6-12/h7-9,12H,2-6,10H2,1H3,(H2,15,17). The van der Waals surface area contributed by atoms with Crippen LogP contribution < -0.4 is 10.5 Å². The van der Waals surface area contributed by atoms with Crippen molar-refractivity contribution in [2.24, 2.45) is 16.6 Å². The molecule has 1 saturated carbocycles. The fraction of sp³-hybridized carbons (Fsp3) is 0.571. The highest BCUT2D eigenvalue weighted by Gasteiger charge is 2.16. The maximum atomic E-state index is 6.06. The molecule has 1 fully saturated rings. The smallest absolute Gasteiger partial charge is 0.212 e. The minimum Gasteiger partial charge on any atom is -0.481 e. The van der Waals surface area contributed by atoms with Crippen molar-refractivity contribution in [3.63, 3.8) is 0 Å². The molecule has 0 aromatic carbocycles. The van der Waals surface area contributed by atoms with Crippen molar-refractivity contribution in [3.8, 4) is 5.88 Å². The second-order valence-corrected chi connectivity index (χ2v) is 4.78. The minimum absolute atomic E-state index is 0.491. The molecule has 18 heavy (non-hydrogen) atoms. The summed E-state index contributed by atoms with van der Waals surface area (Å²) in [6, 6.07) is 3.82. The molecule has 0 aliphatic heterocycles. The summed E-state index contributed by atoms with van der Waals surface area (Å²) < 4.78 is 5.02. The van der Waals surface area contributed by atoms with Crippen LogP contribution in [0, 0.1) is 5.92 Å². The van der Waals surface area contributed by atoms with Crippen LogP contribution in [0.4, 0.5) is 0 Å². The van der Waals surface area contributed by atoms with Gasteiger partial charge in [0.1, 0.15) is 0 Å². The van der Waals surface area contributed by atoms with E-state index in [4.69, 9.17) is 10.5 Å². The van der Waals surface area contributed by atoms with Gasteiger partial charge in [-0.2, -0.15) is 0 Å². The predicted molar refractivity (Wildman–Crippen MR) is 72.7 cm³/mol. The van der Waals surface area contributed by atoms with Gasteiger partial charge in [0.25, 0.3) is 0 Å². The number of amidine groups is 1. The first-order valence-corrected chi connectivity index (χ1v) is 6.58. The SMILES string of the molecule is COc1ccc(CN=C(N)C2CCCCC2)cn1. The second-order valence-electron chi connectivity index (χ2n) is 4.78. The van der Waals surface area contributed by atoms with E-state index in [2.05, 4.69) is 9.98 Å². The van der Waals surface area contributed by atoms with Gasteiger partial charge in [-0.1, -0.05) is 25.3 Å². The third-order valence-electron chi connectivity index (χ3n) is 3.47. The normalized spacial score (nSPS) is 17.7. The van der Waals surface area contributed by atoms with Crippen molar-refractivity contribution in [2.75, 3.05) is 7.11 Å². The zero-order chi connectivity index (χ0) is 12.8. The summed E-state index contributed by atoms with van der Waals surface area (Å²) in [6.45, 7) is 0.610. The Labute approximate surface area is 108 Å². The van der Waals surface area contributed by atoms with Crippen LogP contribution in [-0.4, -0.2) is 17.9 Å². The molecule has 1 heterocycles. The fourth-order valence-electron chi connectivity index (χ4n) is 2.34. The lowest BCUT2D eigenvalue weighted by Gasteiger charge is -2.20. The van der Waals surface area contributed by atoms with Gasteiger partial charge in [0.15, 0.2) is 0 Å². The maximum Gasteiger partial charge on any atom is 0.212 e. The van der Waals surface area contributed by atoms with E-state index in [-0.39, 0.29) is 0 Å². The van der Waals surface area contributed by atoms with Gasteiger partial charge in [-0.15, -0.1) is 0 Å². The van der Waals surface area contributed by atoms with E-state index in [1.165, 1.54) is 32.1 Å². The van der Waals surface area contributed by atoms with Crippen LogP contribution in [0.25, 0.3) is 0 Å². The topological polar surface area (TPSA) is 60.5 Å². The Bertz CT molecular complexity index is 394.